The van der Waals surface area contributed by atoms with Crippen LogP contribution in [0.2, 0.25) is 0 Å². The van der Waals surface area contributed by atoms with Crippen LogP contribution in [0.15, 0.2) is 71.6 Å². The Labute approximate surface area is 170 Å². The van der Waals surface area contributed by atoms with Gasteiger partial charge in [0.2, 0.25) is 0 Å². The van der Waals surface area contributed by atoms with E-state index in [4.69, 9.17) is 4.74 Å². The number of methoxy groups -OCH3 is 1. The predicted octanol–water partition coefficient (Wildman–Crippen LogP) is 4.37. The Balaban J connectivity index is 1.90. The van der Waals surface area contributed by atoms with Crippen LogP contribution in [0.1, 0.15) is 21.5 Å². The summed E-state index contributed by atoms with van der Waals surface area (Å²) in [6, 6.07) is 18.6. The van der Waals surface area contributed by atoms with Gasteiger partial charge < -0.3 is 10.1 Å². The lowest BCUT2D eigenvalue weighted by Crippen LogP contribution is -2.19. The molecule has 0 aliphatic carbocycles. The highest BCUT2D eigenvalue weighted by atomic mass is 32.2. The molecule has 0 radical (unpaired) electrons. The van der Waals surface area contributed by atoms with Gasteiger partial charge in [-0.15, -0.1) is 0 Å². The average molecular weight is 410 g/mol. The first kappa shape index (κ1) is 20.4. The molecule has 0 aliphatic heterocycles. The van der Waals surface area contributed by atoms with Crippen LogP contribution < -0.4 is 14.8 Å². The number of hydrogen-bond donors (Lipinski definition) is 2. The number of ether oxygens (including phenoxy) is 1. The van der Waals surface area contributed by atoms with E-state index < -0.39 is 15.9 Å². The van der Waals surface area contributed by atoms with Crippen molar-refractivity contribution >= 4 is 27.3 Å². The number of anilines is 2. The number of carbonyl (C=O) groups excluding carboxylic acids is 1. The molecule has 1 amide bonds. The zero-order valence-electron chi connectivity index (χ0n) is 16.4. The summed E-state index contributed by atoms with van der Waals surface area (Å²) in [6.07, 6.45) is 0. The molecule has 7 heteroatoms. The number of amides is 1. The number of sulfonamides is 1. The van der Waals surface area contributed by atoms with Crippen LogP contribution in [0.3, 0.4) is 0 Å². The SMILES string of the molecule is COc1cccc(NC(=O)c2ccccc2NS(=O)(=O)c2cc(C)ccc2C)c1. The molecule has 0 fully saturated rings. The Morgan fingerprint density at radius 1 is 0.931 bits per heavy atom. The van der Waals surface area contributed by atoms with Crippen molar-refractivity contribution in [2.24, 2.45) is 0 Å². The van der Waals surface area contributed by atoms with E-state index in [1.807, 2.05) is 13.0 Å². The fourth-order valence-corrected chi connectivity index (χ4v) is 4.28. The van der Waals surface area contributed by atoms with Crippen molar-refractivity contribution in [1.82, 2.24) is 0 Å². The van der Waals surface area contributed by atoms with Crippen LogP contribution in [0.25, 0.3) is 0 Å². The Morgan fingerprint density at radius 2 is 1.69 bits per heavy atom. The van der Waals surface area contributed by atoms with E-state index in [0.717, 1.165) is 5.56 Å². The number of para-hydroxylation sites is 1. The van der Waals surface area contributed by atoms with E-state index in [1.54, 1.807) is 67.6 Å². The number of benzene rings is 3. The van der Waals surface area contributed by atoms with Crippen LogP contribution in [0.4, 0.5) is 11.4 Å². The van der Waals surface area contributed by atoms with Crippen LogP contribution >= 0.6 is 0 Å². The van der Waals surface area contributed by atoms with Gasteiger partial charge in [0.1, 0.15) is 5.75 Å². The largest absolute Gasteiger partial charge is 0.497 e. The first-order valence-corrected chi connectivity index (χ1v) is 10.4. The summed E-state index contributed by atoms with van der Waals surface area (Å²) in [4.78, 5) is 13.0. The third kappa shape index (κ3) is 4.75. The van der Waals surface area contributed by atoms with Crippen molar-refractivity contribution in [1.29, 1.82) is 0 Å². The van der Waals surface area contributed by atoms with E-state index in [9.17, 15) is 13.2 Å². The second kappa shape index (κ2) is 8.36. The second-order valence-electron chi connectivity index (χ2n) is 6.61. The molecule has 0 aromatic heterocycles. The highest BCUT2D eigenvalue weighted by Gasteiger charge is 2.20. The zero-order chi connectivity index (χ0) is 21.0. The molecule has 150 valence electrons. The van der Waals surface area contributed by atoms with Gasteiger partial charge in [0.05, 0.1) is 23.3 Å². The number of hydrogen-bond acceptors (Lipinski definition) is 4. The third-order valence-electron chi connectivity index (χ3n) is 4.38. The first-order valence-electron chi connectivity index (χ1n) is 8.94. The lowest BCUT2D eigenvalue weighted by Gasteiger charge is -2.14. The molecule has 0 heterocycles. The van der Waals surface area contributed by atoms with Crippen LogP contribution in [-0.4, -0.2) is 21.4 Å². The van der Waals surface area contributed by atoms with Crippen molar-refractivity contribution < 1.29 is 17.9 Å². The van der Waals surface area contributed by atoms with Crippen molar-refractivity contribution in [2.75, 3.05) is 17.1 Å². The summed E-state index contributed by atoms with van der Waals surface area (Å²) >= 11 is 0. The van der Waals surface area contributed by atoms with Crippen LogP contribution in [-0.2, 0) is 10.0 Å². The van der Waals surface area contributed by atoms with Gasteiger partial charge in [0, 0.05) is 11.8 Å². The van der Waals surface area contributed by atoms with Gasteiger partial charge in [-0.2, -0.15) is 0 Å². The average Bonchev–Trinajstić information content (AvgIpc) is 2.70. The van der Waals surface area contributed by atoms with Gasteiger partial charge in [-0.3, -0.25) is 9.52 Å². The Hall–Kier alpha value is -3.32. The molecule has 0 atom stereocenters. The summed E-state index contributed by atoms with van der Waals surface area (Å²) in [6.45, 7) is 3.56. The topological polar surface area (TPSA) is 84.5 Å². The van der Waals surface area contributed by atoms with Crippen LogP contribution in [0, 0.1) is 13.8 Å². The highest BCUT2D eigenvalue weighted by molar-refractivity contribution is 7.92. The molecule has 0 aliphatic rings. The van der Waals surface area contributed by atoms with Gasteiger partial charge in [0.25, 0.3) is 15.9 Å². The number of carbonyl (C=O) groups is 1. The number of nitrogens with one attached hydrogen (secondary N) is 2. The monoisotopic (exact) mass is 410 g/mol. The highest BCUT2D eigenvalue weighted by Crippen LogP contribution is 2.24. The molecule has 3 aromatic carbocycles. The standard InChI is InChI=1S/C22H22N2O4S/c1-15-11-12-16(2)21(13-15)29(26,27)24-20-10-5-4-9-19(20)22(25)23-17-7-6-8-18(14-17)28-3/h4-14,24H,1-3H3,(H,23,25). The summed E-state index contributed by atoms with van der Waals surface area (Å²) < 4.78 is 33.6. The number of rotatable bonds is 6. The Kier molecular flexibility index (Phi) is 5.89. The van der Waals surface area contributed by atoms with Crippen molar-refractivity contribution in [3.8, 4) is 5.75 Å². The summed E-state index contributed by atoms with van der Waals surface area (Å²) in [7, 11) is -2.32. The van der Waals surface area contributed by atoms with Gasteiger partial charge in [-0.05, 0) is 55.3 Å². The van der Waals surface area contributed by atoms with E-state index in [1.165, 1.54) is 7.11 Å². The maximum Gasteiger partial charge on any atom is 0.262 e. The lowest BCUT2D eigenvalue weighted by atomic mass is 10.1. The molecular weight excluding hydrogens is 388 g/mol. The van der Waals surface area contributed by atoms with E-state index in [0.29, 0.717) is 17.0 Å². The molecule has 6 nitrogen and oxygen atoms in total. The van der Waals surface area contributed by atoms with Gasteiger partial charge in [0.15, 0.2) is 0 Å². The summed E-state index contributed by atoms with van der Waals surface area (Å²) in [5.74, 6) is 0.171. The van der Waals surface area contributed by atoms with Crippen molar-refractivity contribution in [3.05, 3.63) is 83.4 Å². The minimum atomic E-state index is -3.86. The summed E-state index contributed by atoms with van der Waals surface area (Å²) in [5, 5.41) is 2.77. The fraction of sp³-hybridized carbons (Fsp3) is 0.136. The molecule has 0 saturated heterocycles. The van der Waals surface area contributed by atoms with Gasteiger partial charge in [-0.25, -0.2) is 8.42 Å². The van der Waals surface area contributed by atoms with Crippen LogP contribution in [0.5, 0.6) is 5.75 Å². The molecule has 29 heavy (non-hydrogen) atoms. The molecule has 0 unspecified atom stereocenters. The maximum atomic E-state index is 12.9. The maximum absolute atomic E-state index is 12.9. The minimum absolute atomic E-state index is 0.181. The Bertz CT molecular complexity index is 1160. The summed E-state index contributed by atoms with van der Waals surface area (Å²) in [5.41, 5.74) is 2.42. The third-order valence-corrected chi connectivity index (χ3v) is 5.88. The van der Waals surface area contributed by atoms with E-state index in [2.05, 4.69) is 10.0 Å². The normalized spacial score (nSPS) is 11.0. The van der Waals surface area contributed by atoms with Crippen molar-refractivity contribution in [2.45, 2.75) is 18.7 Å². The fourth-order valence-electron chi connectivity index (χ4n) is 2.87. The van der Waals surface area contributed by atoms with E-state index in [-0.39, 0.29) is 16.1 Å². The minimum Gasteiger partial charge on any atom is -0.497 e. The van der Waals surface area contributed by atoms with Gasteiger partial charge >= 0.3 is 0 Å². The molecule has 0 bridgehead atoms. The smallest absolute Gasteiger partial charge is 0.262 e. The van der Waals surface area contributed by atoms with E-state index >= 15 is 0 Å². The zero-order valence-corrected chi connectivity index (χ0v) is 17.2. The lowest BCUT2D eigenvalue weighted by molar-refractivity contribution is 0.102. The first-order chi connectivity index (χ1) is 13.8. The second-order valence-corrected chi connectivity index (χ2v) is 8.26. The quantitative estimate of drug-likeness (QED) is 0.632. The van der Waals surface area contributed by atoms with Gasteiger partial charge in [-0.1, -0.05) is 30.3 Å². The molecule has 3 aromatic rings. The molecular formula is C22H22N2O4S. The molecule has 0 spiro atoms. The predicted molar refractivity (Wildman–Crippen MR) is 114 cm³/mol. The molecule has 2 N–H and O–H groups in total. The molecule has 0 saturated carbocycles. The van der Waals surface area contributed by atoms with Crippen molar-refractivity contribution in [3.63, 3.8) is 0 Å². The Morgan fingerprint density at radius 3 is 2.45 bits per heavy atom. The molecule has 3 rings (SSSR count). The number of aryl methyl sites for hydroxylation is 2.